The summed E-state index contributed by atoms with van der Waals surface area (Å²) in [5.74, 6) is 0.975. The summed E-state index contributed by atoms with van der Waals surface area (Å²) in [6.45, 7) is 17.5. The van der Waals surface area contributed by atoms with Crippen LogP contribution in [0.1, 0.15) is 81.1 Å². The number of methoxy groups -OCH3 is 1. The zero-order valence-corrected chi connectivity index (χ0v) is 22.6. The van der Waals surface area contributed by atoms with Crippen LogP contribution < -0.4 is 0 Å². The molecule has 0 aromatic rings. The van der Waals surface area contributed by atoms with Gasteiger partial charge in [0.1, 0.15) is 11.9 Å². The Bertz CT molecular complexity index is 809. The normalized spacial score (nSPS) is 28.4. The molecule has 0 radical (unpaired) electrons. The standard InChI is InChI=1S/C27H44O4Si/c1-16(2)32(17(3)4,18(5)6)31-23-15-21-24(27(7,8)26(23)29)22(28)14-19-12-10-11-13-20(19)25(21)30-9/h12,15-18,20,25-26,29H,10-11,13-14H2,1-9H3/t20-,25-,26?/m0/s1. The molecule has 0 aromatic heterocycles. The molecule has 3 atom stereocenters. The molecule has 0 bridgehead atoms. The number of ether oxygens (including phenoxy) is 1. The summed E-state index contributed by atoms with van der Waals surface area (Å²) in [6.07, 6.45) is 6.83. The molecule has 3 rings (SSSR count). The second kappa shape index (κ2) is 9.23. The summed E-state index contributed by atoms with van der Waals surface area (Å²) in [5, 5.41) is 11.6. The van der Waals surface area contributed by atoms with Gasteiger partial charge in [-0.3, -0.25) is 4.79 Å². The van der Waals surface area contributed by atoms with E-state index in [0.717, 1.165) is 30.4 Å². The summed E-state index contributed by atoms with van der Waals surface area (Å²) in [6, 6.07) is 0. The minimum atomic E-state index is -2.26. The van der Waals surface area contributed by atoms with Gasteiger partial charge >= 0.3 is 0 Å². The van der Waals surface area contributed by atoms with Crippen LogP contribution in [0.15, 0.2) is 34.6 Å². The van der Waals surface area contributed by atoms with E-state index in [0.29, 0.717) is 28.8 Å². The molecular formula is C27H44O4Si. The lowest BCUT2D eigenvalue weighted by Gasteiger charge is -2.47. The largest absolute Gasteiger partial charge is 0.544 e. The molecule has 4 nitrogen and oxygen atoms in total. The van der Waals surface area contributed by atoms with Crippen LogP contribution >= 0.6 is 0 Å². The Balaban J connectivity index is 2.18. The van der Waals surface area contributed by atoms with Crippen molar-refractivity contribution in [2.75, 3.05) is 7.11 Å². The number of carbonyl (C=O) groups is 1. The van der Waals surface area contributed by atoms with E-state index in [1.807, 2.05) is 19.9 Å². The van der Waals surface area contributed by atoms with Gasteiger partial charge in [-0.1, -0.05) is 67.0 Å². The zero-order valence-electron chi connectivity index (χ0n) is 21.6. The van der Waals surface area contributed by atoms with Gasteiger partial charge in [-0.2, -0.15) is 0 Å². The van der Waals surface area contributed by atoms with Gasteiger partial charge in [-0.15, -0.1) is 0 Å². The molecule has 32 heavy (non-hydrogen) atoms. The van der Waals surface area contributed by atoms with Crippen molar-refractivity contribution in [1.29, 1.82) is 0 Å². The third kappa shape index (κ3) is 3.99. The van der Waals surface area contributed by atoms with Crippen molar-refractivity contribution in [2.24, 2.45) is 11.3 Å². The van der Waals surface area contributed by atoms with Gasteiger partial charge in [0.15, 0.2) is 5.78 Å². The Morgan fingerprint density at radius 1 is 1.09 bits per heavy atom. The Morgan fingerprint density at radius 2 is 1.69 bits per heavy atom. The number of hydrogen-bond donors (Lipinski definition) is 1. The second-order valence-electron chi connectivity index (χ2n) is 11.5. The van der Waals surface area contributed by atoms with Gasteiger partial charge in [0.25, 0.3) is 8.32 Å². The molecule has 0 saturated carbocycles. The summed E-state index contributed by atoms with van der Waals surface area (Å²) in [7, 11) is -0.511. The van der Waals surface area contributed by atoms with Gasteiger partial charge in [0, 0.05) is 30.4 Å². The van der Waals surface area contributed by atoms with Gasteiger partial charge in [0.05, 0.1) is 6.10 Å². The molecule has 1 unspecified atom stereocenters. The van der Waals surface area contributed by atoms with Gasteiger partial charge in [-0.25, -0.2) is 0 Å². The van der Waals surface area contributed by atoms with E-state index in [1.165, 1.54) is 5.57 Å². The number of hydrogen-bond acceptors (Lipinski definition) is 4. The van der Waals surface area contributed by atoms with Gasteiger partial charge < -0.3 is 14.3 Å². The molecule has 180 valence electrons. The summed E-state index contributed by atoms with van der Waals surface area (Å²) in [5.41, 5.74) is 3.33. The first-order valence-electron chi connectivity index (χ1n) is 12.5. The number of rotatable bonds is 6. The van der Waals surface area contributed by atoms with E-state index < -0.39 is 19.8 Å². The summed E-state index contributed by atoms with van der Waals surface area (Å²) >= 11 is 0. The van der Waals surface area contributed by atoms with Gasteiger partial charge in [-0.05, 0) is 47.5 Å². The molecule has 5 heteroatoms. The van der Waals surface area contributed by atoms with E-state index in [1.54, 1.807) is 7.11 Å². The van der Waals surface area contributed by atoms with E-state index >= 15 is 0 Å². The Kier molecular flexibility index (Phi) is 7.34. The molecule has 0 heterocycles. The van der Waals surface area contributed by atoms with Crippen molar-refractivity contribution in [3.05, 3.63) is 34.6 Å². The zero-order chi connectivity index (χ0) is 24.0. The predicted octanol–water partition coefficient (Wildman–Crippen LogP) is 6.47. The molecule has 3 aliphatic rings. The van der Waals surface area contributed by atoms with Crippen LogP contribution in [0.5, 0.6) is 0 Å². The fraction of sp³-hybridized carbons (Fsp3) is 0.741. The molecule has 3 aliphatic carbocycles. The lowest BCUT2D eigenvalue weighted by molar-refractivity contribution is -0.116. The van der Waals surface area contributed by atoms with Gasteiger partial charge in [0.2, 0.25) is 0 Å². The number of aliphatic hydroxyl groups excluding tert-OH is 1. The highest BCUT2D eigenvalue weighted by molar-refractivity contribution is 6.77. The van der Waals surface area contributed by atoms with E-state index in [-0.39, 0.29) is 17.8 Å². The minimum absolute atomic E-state index is 0.122. The van der Waals surface area contributed by atoms with E-state index in [9.17, 15) is 9.90 Å². The second-order valence-corrected chi connectivity index (χ2v) is 16.9. The fourth-order valence-electron chi connectivity index (χ4n) is 6.85. The average molecular weight is 461 g/mol. The molecule has 0 saturated heterocycles. The Hall–Kier alpha value is -1.17. The predicted molar refractivity (Wildman–Crippen MR) is 133 cm³/mol. The third-order valence-electron chi connectivity index (χ3n) is 8.36. The van der Waals surface area contributed by atoms with Crippen LogP contribution in [0.25, 0.3) is 0 Å². The molecule has 0 aliphatic heterocycles. The monoisotopic (exact) mass is 460 g/mol. The SMILES string of the molecule is CO[C@@H]1C2=C(C(=O)CC3=CCCC[C@@H]31)C(C)(C)C(O)C(O[Si](C(C)C)(C(C)C)C(C)C)=C2. The number of aliphatic hydroxyl groups is 1. The fourth-order valence-corrected chi connectivity index (χ4v) is 12.1. The smallest absolute Gasteiger partial charge is 0.258 e. The maximum Gasteiger partial charge on any atom is 0.258 e. The van der Waals surface area contributed by atoms with Crippen molar-refractivity contribution < 1.29 is 19.1 Å². The van der Waals surface area contributed by atoms with Crippen LogP contribution in [-0.4, -0.2) is 38.5 Å². The van der Waals surface area contributed by atoms with Crippen LogP contribution in [0, 0.1) is 11.3 Å². The first-order chi connectivity index (χ1) is 14.9. The van der Waals surface area contributed by atoms with E-state index in [4.69, 9.17) is 9.16 Å². The Labute approximate surface area is 196 Å². The third-order valence-corrected chi connectivity index (χ3v) is 14.4. The van der Waals surface area contributed by atoms with Crippen molar-refractivity contribution >= 4 is 14.1 Å². The highest BCUT2D eigenvalue weighted by Gasteiger charge is 2.52. The molecule has 1 N–H and O–H groups in total. The number of carbonyl (C=O) groups excluding carboxylic acids is 1. The quantitative estimate of drug-likeness (QED) is 0.364. The van der Waals surface area contributed by atoms with Crippen LogP contribution in [0.3, 0.4) is 0 Å². The van der Waals surface area contributed by atoms with Crippen molar-refractivity contribution in [2.45, 2.75) is 110 Å². The van der Waals surface area contributed by atoms with E-state index in [2.05, 4.69) is 47.6 Å². The number of Topliss-reactive ketones (excluding diaryl/α,β-unsaturated/α-hetero) is 1. The topological polar surface area (TPSA) is 55.8 Å². The summed E-state index contributed by atoms with van der Waals surface area (Å²) < 4.78 is 13.1. The van der Waals surface area contributed by atoms with Crippen LogP contribution in [0.2, 0.25) is 16.6 Å². The Morgan fingerprint density at radius 3 is 2.22 bits per heavy atom. The van der Waals surface area contributed by atoms with Crippen molar-refractivity contribution in [3.8, 4) is 0 Å². The van der Waals surface area contributed by atoms with Crippen LogP contribution in [-0.2, 0) is 14.0 Å². The highest BCUT2D eigenvalue weighted by Crippen LogP contribution is 2.51. The number of fused-ring (bicyclic) bond motifs is 1. The molecule has 0 spiro atoms. The lowest BCUT2D eigenvalue weighted by atomic mass is 9.70. The molecule has 0 aromatic carbocycles. The number of ketones is 1. The molecule has 0 fully saturated rings. The minimum Gasteiger partial charge on any atom is -0.544 e. The maximum absolute atomic E-state index is 13.5. The molecular weight excluding hydrogens is 416 g/mol. The van der Waals surface area contributed by atoms with Crippen LogP contribution in [0.4, 0.5) is 0 Å². The summed E-state index contributed by atoms with van der Waals surface area (Å²) in [4.78, 5) is 13.5. The molecule has 0 amide bonds. The maximum atomic E-state index is 13.5. The van der Waals surface area contributed by atoms with Crippen molar-refractivity contribution in [1.82, 2.24) is 0 Å². The lowest BCUT2D eigenvalue weighted by Crippen LogP contribution is -2.51. The average Bonchev–Trinajstić information content (AvgIpc) is 2.82. The van der Waals surface area contributed by atoms with Crippen molar-refractivity contribution in [3.63, 3.8) is 0 Å². The number of allylic oxidation sites excluding steroid dienone is 1. The first-order valence-corrected chi connectivity index (χ1v) is 14.6. The highest BCUT2D eigenvalue weighted by atomic mass is 28.4. The first kappa shape index (κ1) is 25.4.